The fraction of sp³-hybridized carbons (Fsp3) is 0.318. The SMILES string of the molecule is Cc1nc(C(=O)NC2CCN(Cc3ccc(F)c(F)c3)CC2)nn1-c1ccccc1Cl. The fourth-order valence-corrected chi connectivity index (χ4v) is 3.94. The van der Waals surface area contributed by atoms with Crippen LogP contribution in [0.15, 0.2) is 42.5 Å². The summed E-state index contributed by atoms with van der Waals surface area (Å²) >= 11 is 6.23. The molecule has 4 rings (SSSR count). The van der Waals surface area contributed by atoms with E-state index in [1.807, 2.05) is 18.2 Å². The third kappa shape index (κ3) is 4.91. The first-order valence-corrected chi connectivity index (χ1v) is 10.4. The zero-order valence-electron chi connectivity index (χ0n) is 17.0. The van der Waals surface area contributed by atoms with Gasteiger partial charge in [-0.05, 0) is 49.6 Å². The lowest BCUT2D eigenvalue weighted by molar-refractivity contribution is 0.0898. The zero-order chi connectivity index (χ0) is 22.0. The molecule has 9 heteroatoms. The van der Waals surface area contributed by atoms with Crippen molar-refractivity contribution in [2.75, 3.05) is 13.1 Å². The van der Waals surface area contributed by atoms with E-state index < -0.39 is 11.6 Å². The maximum Gasteiger partial charge on any atom is 0.291 e. The monoisotopic (exact) mass is 445 g/mol. The molecule has 1 aliphatic heterocycles. The van der Waals surface area contributed by atoms with Crippen LogP contribution in [0.5, 0.6) is 0 Å². The van der Waals surface area contributed by atoms with Crippen LogP contribution in [-0.2, 0) is 6.54 Å². The maximum atomic E-state index is 13.4. The van der Waals surface area contributed by atoms with Crippen molar-refractivity contribution in [1.29, 1.82) is 0 Å². The Morgan fingerprint density at radius 2 is 1.90 bits per heavy atom. The summed E-state index contributed by atoms with van der Waals surface area (Å²) in [7, 11) is 0. The second kappa shape index (κ2) is 9.11. The highest BCUT2D eigenvalue weighted by Gasteiger charge is 2.24. The number of carbonyl (C=O) groups excluding carboxylic acids is 1. The number of para-hydroxylation sites is 1. The van der Waals surface area contributed by atoms with E-state index in [1.165, 1.54) is 6.07 Å². The molecule has 1 fully saturated rings. The maximum absolute atomic E-state index is 13.4. The lowest BCUT2D eigenvalue weighted by Crippen LogP contribution is -2.44. The summed E-state index contributed by atoms with van der Waals surface area (Å²) in [5.41, 5.74) is 1.39. The summed E-state index contributed by atoms with van der Waals surface area (Å²) in [6, 6.07) is 11.2. The highest BCUT2D eigenvalue weighted by Crippen LogP contribution is 2.20. The van der Waals surface area contributed by atoms with Crippen molar-refractivity contribution in [3.8, 4) is 5.69 Å². The van der Waals surface area contributed by atoms with E-state index in [9.17, 15) is 13.6 Å². The van der Waals surface area contributed by atoms with Gasteiger partial charge in [-0.3, -0.25) is 9.69 Å². The minimum Gasteiger partial charge on any atom is -0.346 e. The van der Waals surface area contributed by atoms with Crippen LogP contribution < -0.4 is 5.32 Å². The first kappa shape index (κ1) is 21.4. The number of aromatic nitrogens is 3. The first-order valence-electron chi connectivity index (χ1n) is 10.1. The Balaban J connectivity index is 1.34. The summed E-state index contributed by atoms with van der Waals surface area (Å²) in [6.07, 6.45) is 1.50. The van der Waals surface area contributed by atoms with E-state index in [0.29, 0.717) is 23.1 Å². The molecule has 31 heavy (non-hydrogen) atoms. The Kier molecular flexibility index (Phi) is 6.29. The van der Waals surface area contributed by atoms with E-state index in [2.05, 4.69) is 20.3 Å². The van der Waals surface area contributed by atoms with Gasteiger partial charge in [0.2, 0.25) is 5.82 Å². The zero-order valence-corrected chi connectivity index (χ0v) is 17.7. The van der Waals surface area contributed by atoms with Crippen molar-refractivity contribution in [2.45, 2.75) is 32.4 Å². The van der Waals surface area contributed by atoms with Crippen molar-refractivity contribution in [2.24, 2.45) is 0 Å². The number of amides is 1. The molecule has 3 aromatic rings. The van der Waals surface area contributed by atoms with Crippen molar-refractivity contribution in [3.05, 3.63) is 76.3 Å². The Bertz CT molecular complexity index is 1100. The number of nitrogens with zero attached hydrogens (tertiary/aromatic N) is 4. The summed E-state index contributed by atoms with van der Waals surface area (Å²) in [4.78, 5) is 19.1. The van der Waals surface area contributed by atoms with Gasteiger partial charge in [-0.2, -0.15) is 0 Å². The molecular weight excluding hydrogens is 424 g/mol. The van der Waals surface area contributed by atoms with E-state index in [1.54, 1.807) is 23.7 Å². The average Bonchev–Trinajstić information content (AvgIpc) is 3.14. The Morgan fingerprint density at radius 1 is 1.16 bits per heavy atom. The first-order chi connectivity index (χ1) is 14.9. The number of hydrogen-bond donors (Lipinski definition) is 1. The summed E-state index contributed by atoms with van der Waals surface area (Å²) < 4.78 is 28.0. The second-order valence-corrected chi connectivity index (χ2v) is 8.03. The van der Waals surface area contributed by atoms with Gasteiger partial charge in [-0.1, -0.05) is 29.8 Å². The molecule has 0 aliphatic carbocycles. The number of aryl methyl sites for hydroxylation is 1. The quantitative estimate of drug-likeness (QED) is 0.647. The number of hydrogen-bond acceptors (Lipinski definition) is 4. The highest BCUT2D eigenvalue weighted by molar-refractivity contribution is 6.32. The third-order valence-corrected chi connectivity index (χ3v) is 5.69. The predicted octanol–water partition coefficient (Wildman–Crippen LogP) is 3.90. The lowest BCUT2D eigenvalue weighted by atomic mass is 10.0. The van der Waals surface area contributed by atoms with Crippen LogP contribution >= 0.6 is 11.6 Å². The molecule has 6 nitrogen and oxygen atoms in total. The van der Waals surface area contributed by atoms with Gasteiger partial charge in [-0.15, -0.1) is 5.10 Å². The van der Waals surface area contributed by atoms with Crippen molar-refractivity contribution >= 4 is 17.5 Å². The van der Waals surface area contributed by atoms with Crippen LogP contribution in [0.25, 0.3) is 5.69 Å². The van der Waals surface area contributed by atoms with Gasteiger partial charge in [0.05, 0.1) is 10.7 Å². The third-order valence-electron chi connectivity index (χ3n) is 5.37. The molecule has 162 valence electrons. The van der Waals surface area contributed by atoms with Gasteiger partial charge >= 0.3 is 0 Å². The van der Waals surface area contributed by atoms with Crippen LogP contribution in [0.2, 0.25) is 5.02 Å². The molecule has 1 N–H and O–H groups in total. The molecule has 0 unspecified atom stereocenters. The minimum atomic E-state index is -0.842. The molecular formula is C22H22ClF2N5O. The number of piperidine rings is 1. The van der Waals surface area contributed by atoms with Gasteiger partial charge in [0.15, 0.2) is 11.6 Å². The number of halogens is 3. The van der Waals surface area contributed by atoms with Crippen LogP contribution in [0, 0.1) is 18.6 Å². The molecule has 1 saturated heterocycles. The van der Waals surface area contributed by atoms with Crippen LogP contribution in [0.4, 0.5) is 8.78 Å². The predicted molar refractivity (Wildman–Crippen MR) is 113 cm³/mol. The smallest absolute Gasteiger partial charge is 0.291 e. The van der Waals surface area contributed by atoms with Gasteiger partial charge < -0.3 is 5.32 Å². The second-order valence-electron chi connectivity index (χ2n) is 7.62. The average molecular weight is 446 g/mol. The topological polar surface area (TPSA) is 63.1 Å². The molecule has 0 atom stereocenters. The van der Waals surface area contributed by atoms with Gasteiger partial charge in [0.1, 0.15) is 5.82 Å². The van der Waals surface area contributed by atoms with Crippen molar-refractivity contribution in [1.82, 2.24) is 25.0 Å². The molecule has 1 aromatic heterocycles. The summed E-state index contributed by atoms with van der Waals surface area (Å²) in [5, 5.41) is 7.85. The standard InChI is InChI=1S/C22H22ClF2N5O/c1-14-26-21(28-30(14)20-5-3-2-4-17(20)23)22(31)27-16-8-10-29(11-9-16)13-15-6-7-18(24)19(25)12-15/h2-7,12,16H,8-11,13H2,1H3,(H,27,31). The summed E-state index contributed by atoms with van der Waals surface area (Å²) in [6.45, 7) is 3.79. The van der Waals surface area contributed by atoms with Gasteiger partial charge in [-0.25, -0.2) is 18.4 Å². The molecule has 2 aromatic carbocycles. The van der Waals surface area contributed by atoms with Crippen LogP contribution in [-0.4, -0.2) is 44.7 Å². The summed E-state index contributed by atoms with van der Waals surface area (Å²) in [5.74, 6) is -1.33. The van der Waals surface area contributed by atoms with E-state index >= 15 is 0 Å². The van der Waals surface area contributed by atoms with E-state index in [4.69, 9.17) is 11.6 Å². The number of rotatable bonds is 5. The van der Waals surface area contributed by atoms with E-state index in [0.717, 1.165) is 37.6 Å². The number of benzene rings is 2. The van der Waals surface area contributed by atoms with Crippen LogP contribution in [0.3, 0.4) is 0 Å². The molecule has 0 radical (unpaired) electrons. The number of carbonyl (C=O) groups is 1. The highest BCUT2D eigenvalue weighted by atomic mass is 35.5. The molecule has 0 saturated carbocycles. The van der Waals surface area contributed by atoms with Gasteiger partial charge in [0, 0.05) is 25.7 Å². The number of nitrogens with one attached hydrogen (secondary N) is 1. The normalized spacial score (nSPS) is 15.2. The number of likely N-dealkylation sites (tertiary alicyclic amines) is 1. The Morgan fingerprint density at radius 3 is 2.61 bits per heavy atom. The Hall–Kier alpha value is -2.84. The molecule has 1 aliphatic rings. The van der Waals surface area contributed by atoms with Crippen molar-refractivity contribution < 1.29 is 13.6 Å². The van der Waals surface area contributed by atoms with E-state index in [-0.39, 0.29) is 17.8 Å². The molecule has 1 amide bonds. The fourth-order valence-electron chi connectivity index (χ4n) is 3.72. The minimum absolute atomic E-state index is 0.00118. The van der Waals surface area contributed by atoms with Crippen molar-refractivity contribution in [3.63, 3.8) is 0 Å². The molecule has 2 heterocycles. The molecule has 0 bridgehead atoms. The van der Waals surface area contributed by atoms with Crippen LogP contribution in [0.1, 0.15) is 34.8 Å². The van der Waals surface area contributed by atoms with Gasteiger partial charge in [0.25, 0.3) is 5.91 Å². The molecule has 0 spiro atoms. The lowest BCUT2D eigenvalue weighted by Gasteiger charge is -2.32. The largest absolute Gasteiger partial charge is 0.346 e. The Labute approximate surface area is 183 Å².